The van der Waals surface area contributed by atoms with E-state index in [2.05, 4.69) is 12.2 Å². The third-order valence-electron chi connectivity index (χ3n) is 2.88. The molecule has 0 amide bonds. The molecule has 0 aliphatic rings. The minimum absolute atomic E-state index is 0.184. The number of hydrogen-bond donors (Lipinski definition) is 3. The highest BCUT2D eigenvalue weighted by atomic mass is 16.5. The first kappa shape index (κ1) is 15.5. The summed E-state index contributed by atoms with van der Waals surface area (Å²) in [4.78, 5) is 10.7. The Hall–Kier alpha value is -1.59. The molecule has 5 nitrogen and oxygen atoms in total. The largest absolute Gasteiger partial charge is 0.492 e. The van der Waals surface area contributed by atoms with Crippen molar-refractivity contribution in [3.63, 3.8) is 0 Å². The molecule has 0 aliphatic heterocycles. The highest BCUT2D eigenvalue weighted by Gasteiger charge is 2.04. The standard InChI is InChI=1S/C14H21NO4/c1-2-12(7-9-16)15-8-10-19-13-5-3-11(4-6-13)14(17)18/h3-6,12,15-16H,2,7-10H2,1H3,(H,17,18). The smallest absolute Gasteiger partial charge is 0.335 e. The average molecular weight is 267 g/mol. The van der Waals surface area contributed by atoms with E-state index >= 15 is 0 Å². The van der Waals surface area contributed by atoms with Crippen LogP contribution in [-0.4, -0.2) is 42.0 Å². The summed E-state index contributed by atoms with van der Waals surface area (Å²) < 4.78 is 5.50. The van der Waals surface area contributed by atoms with Gasteiger partial charge in [0.05, 0.1) is 5.56 Å². The number of carboxylic acid groups (broad SMARTS) is 1. The molecule has 19 heavy (non-hydrogen) atoms. The Morgan fingerprint density at radius 1 is 1.37 bits per heavy atom. The molecule has 1 aromatic carbocycles. The molecule has 1 atom stereocenters. The number of carboxylic acids is 1. The number of benzene rings is 1. The van der Waals surface area contributed by atoms with Crippen molar-refractivity contribution in [2.75, 3.05) is 19.8 Å². The molecule has 0 saturated carbocycles. The van der Waals surface area contributed by atoms with Crippen molar-refractivity contribution in [1.82, 2.24) is 5.32 Å². The van der Waals surface area contributed by atoms with Gasteiger partial charge >= 0.3 is 5.97 Å². The molecule has 0 spiro atoms. The topological polar surface area (TPSA) is 78.8 Å². The van der Waals surface area contributed by atoms with Gasteiger partial charge in [-0.3, -0.25) is 0 Å². The fraction of sp³-hybridized carbons (Fsp3) is 0.500. The van der Waals surface area contributed by atoms with Crippen molar-refractivity contribution in [3.05, 3.63) is 29.8 Å². The van der Waals surface area contributed by atoms with Crippen molar-refractivity contribution >= 4 is 5.97 Å². The van der Waals surface area contributed by atoms with Crippen LogP contribution in [0, 0.1) is 0 Å². The van der Waals surface area contributed by atoms with Crippen molar-refractivity contribution in [3.8, 4) is 5.75 Å². The van der Waals surface area contributed by atoms with Gasteiger partial charge in [0, 0.05) is 19.2 Å². The van der Waals surface area contributed by atoms with E-state index in [0.717, 1.165) is 12.8 Å². The van der Waals surface area contributed by atoms with Gasteiger partial charge in [0.2, 0.25) is 0 Å². The van der Waals surface area contributed by atoms with E-state index in [1.807, 2.05) is 0 Å². The van der Waals surface area contributed by atoms with E-state index in [1.165, 1.54) is 12.1 Å². The van der Waals surface area contributed by atoms with Crippen molar-refractivity contribution < 1.29 is 19.7 Å². The minimum atomic E-state index is -0.942. The van der Waals surface area contributed by atoms with Gasteiger partial charge in [0.25, 0.3) is 0 Å². The van der Waals surface area contributed by atoms with E-state index in [9.17, 15) is 4.79 Å². The Labute approximate surface area is 113 Å². The van der Waals surface area contributed by atoms with Gasteiger partial charge in [0.15, 0.2) is 0 Å². The van der Waals surface area contributed by atoms with Gasteiger partial charge in [-0.25, -0.2) is 4.79 Å². The molecular weight excluding hydrogens is 246 g/mol. The van der Waals surface area contributed by atoms with Crippen LogP contribution in [0.4, 0.5) is 0 Å². The van der Waals surface area contributed by atoms with Crippen molar-refractivity contribution in [2.24, 2.45) is 0 Å². The van der Waals surface area contributed by atoms with E-state index in [4.69, 9.17) is 14.9 Å². The molecule has 0 radical (unpaired) electrons. The molecular formula is C14H21NO4. The number of aliphatic hydroxyl groups is 1. The normalized spacial score (nSPS) is 12.1. The van der Waals surface area contributed by atoms with Gasteiger partial charge in [-0.05, 0) is 37.1 Å². The number of hydrogen-bond acceptors (Lipinski definition) is 4. The monoisotopic (exact) mass is 267 g/mol. The van der Waals surface area contributed by atoms with Crippen LogP contribution in [0.2, 0.25) is 0 Å². The molecule has 0 aromatic heterocycles. The van der Waals surface area contributed by atoms with Crippen LogP contribution in [0.3, 0.4) is 0 Å². The summed E-state index contributed by atoms with van der Waals surface area (Å²) in [7, 11) is 0. The summed E-state index contributed by atoms with van der Waals surface area (Å²) in [6.07, 6.45) is 1.71. The molecule has 0 saturated heterocycles. The van der Waals surface area contributed by atoms with Gasteiger partial charge in [-0.1, -0.05) is 6.92 Å². The lowest BCUT2D eigenvalue weighted by Crippen LogP contribution is -2.32. The highest BCUT2D eigenvalue weighted by Crippen LogP contribution is 2.11. The van der Waals surface area contributed by atoms with Gasteiger partial charge < -0.3 is 20.3 Å². The first-order valence-corrected chi connectivity index (χ1v) is 6.47. The van der Waals surface area contributed by atoms with E-state index in [0.29, 0.717) is 24.9 Å². The maximum atomic E-state index is 10.7. The van der Waals surface area contributed by atoms with Crippen LogP contribution in [0.25, 0.3) is 0 Å². The summed E-state index contributed by atoms with van der Waals surface area (Å²) in [6.45, 7) is 3.45. The third-order valence-corrected chi connectivity index (χ3v) is 2.88. The molecule has 5 heteroatoms. The number of carbonyl (C=O) groups is 1. The second-order valence-corrected chi connectivity index (χ2v) is 4.25. The number of rotatable bonds is 9. The van der Waals surface area contributed by atoms with Crippen LogP contribution < -0.4 is 10.1 Å². The summed E-state index contributed by atoms with van der Waals surface area (Å²) in [5.41, 5.74) is 0.250. The summed E-state index contributed by atoms with van der Waals surface area (Å²) in [5, 5.41) is 20.9. The number of aliphatic hydroxyl groups excluding tert-OH is 1. The Kier molecular flexibility index (Phi) is 6.92. The second kappa shape index (κ2) is 8.50. The molecule has 0 bridgehead atoms. The van der Waals surface area contributed by atoms with Crippen LogP contribution in [0.1, 0.15) is 30.1 Å². The zero-order chi connectivity index (χ0) is 14.1. The van der Waals surface area contributed by atoms with E-state index in [1.54, 1.807) is 12.1 Å². The van der Waals surface area contributed by atoms with Crippen molar-refractivity contribution in [2.45, 2.75) is 25.8 Å². The summed E-state index contributed by atoms with van der Waals surface area (Å²) >= 11 is 0. The Bertz CT molecular complexity index is 378. The zero-order valence-corrected chi connectivity index (χ0v) is 11.1. The quantitative estimate of drug-likeness (QED) is 0.591. The van der Waals surface area contributed by atoms with Crippen molar-refractivity contribution in [1.29, 1.82) is 0 Å². The summed E-state index contributed by atoms with van der Waals surface area (Å²) in [5.74, 6) is -0.287. The fourth-order valence-corrected chi connectivity index (χ4v) is 1.73. The van der Waals surface area contributed by atoms with Gasteiger partial charge in [-0.15, -0.1) is 0 Å². The van der Waals surface area contributed by atoms with Crippen LogP contribution in [0.15, 0.2) is 24.3 Å². The molecule has 3 N–H and O–H groups in total. The predicted octanol–water partition coefficient (Wildman–Crippen LogP) is 1.51. The van der Waals surface area contributed by atoms with Crippen LogP contribution in [-0.2, 0) is 0 Å². The second-order valence-electron chi connectivity index (χ2n) is 4.25. The maximum absolute atomic E-state index is 10.7. The first-order valence-electron chi connectivity index (χ1n) is 6.47. The van der Waals surface area contributed by atoms with Gasteiger partial charge in [0.1, 0.15) is 12.4 Å². The molecule has 0 fully saturated rings. The first-order chi connectivity index (χ1) is 9.17. The lowest BCUT2D eigenvalue weighted by atomic mass is 10.1. The van der Waals surface area contributed by atoms with E-state index < -0.39 is 5.97 Å². The Morgan fingerprint density at radius 3 is 2.58 bits per heavy atom. The molecule has 1 rings (SSSR count). The number of aromatic carboxylic acids is 1. The van der Waals surface area contributed by atoms with E-state index in [-0.39, 0.29) is 12.2 Å². The SMILES string of the molecule is CCC(CCO)NCCOc1ccc(C(=O)O)cc1. The Morgan fingerprint density at radius 2 is 2.05 bits per heavy atom. The lowest BCUT2D eigenvalue weighted by molar-refractivity contribution is 0.0697. The number of ether oxygens (including phenoxy) is 1. The fourth-order valence-electron chi connectivity index (χ4n) is 1.73. The van der Waals surface area contributed by atoms with Crippen LogP contribution in [0.5, 0.6) is 5.75 Å². The Balaban J connectivity index is 2.27. The maximum Gasteiger partial charge on any atom is 0.335 e. The summed E-state index contributed by atoms with van der Waals surface area (Å²) in [6, 6.07) is 6.64. The van der Waals surface area contributed by atoms with Crippen LogP contribution >= 0.6 is 0 Å². The highest BCUT2D eigenvalue weighted by molar-refractivity contribution is 5.87. The molecule has 1 unspecified atom stereocenters. The van der Waals surface area contributed by atoms with Gasteiger partial charge in [-0.2, -0.15) is 0 Å². The average Bonchev–Trinajstić information content (AvgIpc) is 2.42. The lowest BCUT2D eigenvalue weighted by Gasteiger charge is -2.15. The molecule has 0 aliphatic carbocycles. The molecule has 1 aromatic rings. The molecule has 0 heterocycles. The predicted molar refractivity (Wildman–Crippen MR) is 72.7 cm³/mol. The minimum Gasteiger partial charge on any atom is -0.492 e. The zero-order valence-electron chi connectivity index (χ0n) is 11.1. The third kappa shape index (κ3) is 5.72. The number of nitrogens with one attached hydrogen (secondary N) is 1. The molecule has 106 valence electrons.